The quantitative estimate of drug-likeness (QED) is 0.525. The van der Waals surface area contributed by atoms with Crippen LogP contribution in [0.3, 0.4) is 0 Å². The van der Waals surface area contributed by atoms with Crippen LogP contribution in [-0.4, -0.2) is 31.8 Å². The summed E-state index contributed by atoms with van der Waals surface area (Å²) in [4.78, 5) is 2.27. The molecular formula is C7H15NO. The van der Waals surface area contributed by atoms with Gasteiger partial charge in [-0.15, -0.1) is 0 Å². The number of ether oxygens (including phenoxy) is 1. The second-order valence-corrected chi connectivity index (χ2v) is 2.67. The Bertz CT molecular complexity index is 85.0. The molecule has 1 fully saturated rings. The van der Waals surface area contributed by atoms with Crippen LogP contribution in [0.25, 0.3) is 0 Å². The molecule has 1 saturated heterocycles. The molecule has 0 spiro atoms. The minimum atomic E-state index is 0.388. The van der Waals surface area contributed by atoms with E-state index in [1.54, 1.807) is 7.11 Å². The van der Waals surface area contributed by atoms with Gasteiger partial charge >= 0.3 is 0 Å². The Kier molecular flexibility index (Phi) is 2.49. The number of methoxy groups -OCH3 is 1. The molecule has 1 aliphatic heterocycles. The van der Waals surface area contributed by atoms with E-state index in [1.165, 1.54) is 25.8 Å². The van der Waals surface area contributed by atoms with E-state index in [9.17, 15) is 0 Å². The van der Waals surface area contributed by atoms with Gasteiger partial charge in [-0.3, -0.25) is 4.90 Å². The van der Waals surface area contributed by atoms with Crippen molar-refractivity contribution >= 4 is 0 Å². The van der Waals surface area contributed by atoms with Crippen LogP contribution in [0.1, 0.15) is 19.3 Å². The fourth-order valence-corrected chi connectivity index (χ4v) is 1.34. The van der Waals surface area contributed by atoms with Gasteiger partial charge in [0.15, 0.2) is 0 Å². The van der Waals surface area contributed by atoms with E-state index in [4.69, 9.17) is 4.74 Å². The Labute approximate surface area is 56.8 Å². The zero-order chi connectivity index (χ0) is 6.69. The Morgan fingerprint density at radius 2 is 2.22 bits per heavy atom. The lowest BCUT2D eigenvalue weighted by atomic mass is 10.1. The summed E-state index contributed by atoms with van der Waals surface area (Å²) in [5.74, 6) is 0. The average molecular weight is 129 g/mol. The highest BCUT2D eigenvalue weighted by atomic mass is 16.5. The lowest BCUT2D eigenvalue weighted by Gasteiger charge is -2.30. The number of hydrogen-bond donors (Lipinski definition) is 0. The van der Waals surface area contributed by atoms with Gasteiger partial charge in [0, 0.05) is 13.7 Å². The molecule has 0 aromatic carbocycles. The fourth-order valence-electron chi connectivity index (χ4n) is 1.34. The normalized spacial score (nSPS) is 30.7. The van der Waals surface area contributed by atoms with Crippen molar-refractivity contribution in [2.75, 3.05) is 20.7 Å². The topological polar surface area (TPSA) is 12.5 Å². The Hall–Kier alpha value is -0.0800. The number of nitrogens with zero attached hydrogens (tertiary/aromatic N) is 1. The van der Waals surface area contributed by atoms with Gasteiger partial charge in [0.1, 0.15) is 6.23 Å². The van der Waals surface area contributed by atoms with Crippen LogP contribution >= 0.6 is 0 Å². The van der Waals surface area contributed by atoms with Crippen LogP contribution in [-0.2, 0) is 4.74 Å². The minimum absolute atomic E-state index is 0.388. The molecule has 0 unspecified atom stereocenters. The monoisotopic (exact) mass is 129 g/mol. The van der Waals surface area contributed by atoms with Crippen LogP contribution in [0.15, 0.2) is 0 Å². The summed E-state index contributed by atoms with van der Waals surface area (Å²) in [6, 6.07) is 0. The molecule has 1 aliphatic rings. The Balaban J connectivity index is 2.30. The maximum absolute atomic E-state index is 5.23. The SMILES string of the molecule is CO[C@H]1CCCCN1C. The summed E-state index contributed by atoms with van der Waals surface area (Å²) < 4.78 is 5.23. The van der Waals surface area contributed by atoms with Gasteiger partial charge in [0.05, 0.1) is 0 Å². The molecule has 2 nitrogen and oxygen atoms in total. The van der Waals surface area contributed by atoms with E-state index in [1.807, 2.05) is 0 Å². The van der Waals surface area contributed by atoms with Gasteiger partial charge < -0.3 is 4.74 Å². The van der Waals surface area contributed by atoms with Gasteiger partial charge in [-0.05, 0) is 26.3 Å². The molecule has 1 heterocycles. The first-order valence-corrected chi connectivity index (χ1v) is 3.57. The molecule has 0 aromatic heterocycles. The highest BCUT2D eigenvalue weighted by Gasteiger charge is 2.16. The molecule has 0 N–H and O–H groups in total. The van der Waals surface area contributed by atoms with Crippen LogP contribution < -0.4 is 0 Å². The standard InChI is InChI=1S/C7H15NO/c1-8-6-4-3-5-7(8)9-2/h7H,3-6H2,1-2H3/t7-/m0/s1. The molecule has 0 bridgehead atoms. The number of rotatable bonds is 1. The molecule has 1 rings (SSSR count). The third-order valence-corrected chi connectivity index (χ3v) is 1.98. The van der Waals surface area contributed by atoms with Gasteiger partial charge in [0.2, 0.25) is 0 Å². The van der Waals surface area contributed by atoms with Gasteiger partial charge in [-0.1, -0.05) is 0 Å². The molecule has 0 radical (unpaired) electrons. The number of hydrogen-bond acceptors (Lipinski definition) is 2. The fraction of sp³-hybridized carbons (Fsp3) is 1.00. The lowest BCUT2D eigenvalue weighted by molar-refractivity contribution is -0.0406. The third-order valence-electron chi connectivity index (χ3n) is 1.98. The molecule has 9 heavy (non-hydrogen) atoms. The van der Waals surface area contributed by atoms with Crippen molar-refractivity contribution in [3.63, 3.8) is 0 Å². The zero-order valence-corrected chi connectivity index (χ0v) is 6.26. The summed E-state index contributed by atoms with van der Waals surface area (Å²) in [5.41, 5.74) is 0. The van der Waals surface area contributed by atoms with Crippen LogP contribution in [0.5, 0.6) is 0 Å². The van der Waals surface area contributed by atoms with E-state index < -0.39 is 0 Å². The van der Waals surface area contributed by atoms with Crippen molar-refractivity contribution in [1.82, 2.24) is 4.90 Å². The summed E-state index contributed by atoms with van der Waals surface area (Å²) in [6.45, 7) is 1.19. The predicted molar refractivity (Wildman–Crippen MR) is 37.3 cm³/mol. The van der Waals surface area contributed by atoms with E-state index in [0.29, 0.717) is 6.23 Å². The smallest absolute Gasteiger partial charge is 0.109 e. The summed E-state index contributed by atoms with van der Waals surface area (Å²) in [6.07, 6.45) is 4.24. The first kappa shape index (κ1) is 7.03. The van der Waals surface area contributed by atoms with E-state index in [0.717, 1.165) is 0 Å². The van der Waals surface area contributed by atoms with E-state index in [2.05, 4.69) is 11.9 Å². The molecule has 0 saturated carbocycles. The maximum Gasteiger partial charge on any atom is 0.109 e. The van der Waals surface area contributed by atoms with Crippen molar-refractivity contribution in [3.8, 4) is 0 Å². The summed E-state index contributed by atoms with van der Waals surface area (Å²) in [5, 5.41) is 0. The van der Waals surface area contributed by atoms with Crippen LogP contribution in [0.2, 0.25) is 0 Å². The van der Waals surface area contributed by atoms with E-state index in [-0.39, 0.29) is 0 Å². The van der Waals surface area contributed by atoms with Crippen molar-refractivity contribution < 1.29 is 4.74 Å². The van der Waals surface area contributed by atoms with E-state index >= 15 is 0 Å². The summed E-state index contributed by atoms with van der Waals surface area (Å²) >= 11 is 0. The van der Waals surface area contributed by atoms with Crippen molar-refractivity contribution in [1.29, 1.82) is 0 Å². The van der Waals surface area contributed by atoms with Gasteiger partial charge in [0.25, 0.3) is 0 Å². The average Bonchev–Trinajstić information content (AvgIpc) is 1.89. The molecule has 2 heteroatoms. The van der Waals surface area contributed by atoms with Gasteiger partial charge in [-0.2, -0.15) is 0 Å². The Morgan fingerprint density at radius 3 is 2.67 bits per heavy atom. The molecule has 0 aromatic rings. The van der Waals surface area contributed by atoms with Crippen molar-refractivity contribution in [3.05, 3.63) is 0 Å². The molecular weight excluding hydrogens is 114 g/mol. The second-order valence-electron chi connectivity index (χ2n) is 2.67. The van der Waals surface area contributed by atoms with Crippen molar-refractivity contribution in [2.24, 2.45) is 0 Å². The molecule has 0 amide bonds. The lowest BCUT2D eigenvalue weighted by Crippen LogP contribution is -2.37. The predicted octanol–water partition coefficient (Wildman–Crippen LogP) is 1.07. The minimum Gasteiger partial charge on any atom is -0.366 e. The Morgan fingerprint density at radius 1 is 1.44 bits per heavy atom. The first-order valence-electron chi connectivity index (χ1n) is 3.57. The largest absolute Gasteiger partial charge is 0.366 e. The van der Waals surface area contributed by atoms with Gasteiger partial charge in [-0.25, -0.2) is 0 Å². The molecule has 0 aliphatic carbocycles. The van der Waals surface area contributed by atoms with Crippen LogP contribution in [0, 0.1) is 0 Å². The highest BCUT2D eigenvalue weighted by molar-refractivity contribution is 4.64. The second kappa shape index (κ2) is 3.18. The highest BCUT2D eigenvalue weighted by Crippen LogP contribution is 2.14. The summed E-state index contributed by atoms with van der Waals surface area (Å²) in [7, 11) is 3.90. The maximum atomic E-state index is 5.23. The van der Waals surface area contributed by atoms with Crippen molar-refractivity contribution in [2.45, 2.75) is 25.5 Å². The third kappa shape index (κ3) is 1.66. The molecule has 54 valence electrons. The molecule has 1 atom stereocenters. The first-order chi connectivity index (χ1) is 4.34. The zero-order valence-electron chi connectivity index (χ0n) is 6.26. The number of likely N-dealkylation sites (tertiary alicyclic amines) is 1. The number of piperidine rings is 1. The van der Waals surface area contributed by atoms with Crippen LogP contribution in [0.4, 0.5) is 0 Å².